The Labute approximate surface area is 167 Å². The van der Waals surface area contributed by atoms with Crippen molar-refractivity contribution in [3.05, 3.63) is 84.1 Å². The van der Waals surface area contributed by atoms with Gasteiger partial charge in [0.1, 0.15) is 17.3 Å². The summed E-state index contributed by atoms with van der Waals surface area (Å²) in [5.41, 5.74) is 2.41. The van der Waals surface area contributed by atoms with Gasteiger partial charge in [0.05, 0.1) is 0 Å². The number of nitrogens with one attached hydrogen (secondary N) is 1. The first kappa shape index (κ1) is 18.5. The van der Waals surface area contributed by atoms with Gasteiger partial charge in [-0.1, -0.05) is 36.4 Å². The number of rotatable bonds is 7. The summed E-state index contributed by atoms with van der Waals surface area (Å²) in [5.74, 6) is 2.82. The first-order valence-corrected chi connectivity index (χ1v) is 10.1. The number of benzene rings is 2. The lowest BCUT2D eigenvalue weighted by atomic mass is 10.1. The first-order chi connectivity index (χ1) is 13.9. The third kappa shape index (κ3) is 5.11. The topological polar surface area (TPSA) is 37.4 Å². The van der Waals surface area contributed by atoms with Crippen LogP contribution < -0.4 is 15.0 Å². The van der Waals surface area contributed by atoms with Crippen molar-refractivity contribution in [1.82, 2.24) is 10.3 Å². The van der Waals surface area contributed by atoms with Crippen molar-refractivity contribution in [2.75, 3.05) is 18.0 Å². The maximum Gasteiger partial charge on any atom is 0.128 e. The van der Waals surface area contributed by atoms with Gasteiger partial charge in [-0.25, -0.2) is 4.98 Å². The van der Waals surface area contributed by atoms with Crippen LogP contribution in [0.3, 0.4) is 0 Å². The van der Waals surface area contributed by atoms with Crippen LogP contribution in [-0.2, 0) is 13.1 Å². The van der Waals surface area contributed by atoms with Crippen molar-refractivity contribution >= 4 is 5.82 Å². The number of para-hydroxylation sites is 1. The van der Waals surface area contributed by atoms with Crippen LogP contribution in [-0.4, -0.2) is 18.1 Å². The molecule has 0 saturated carbocycles. The molecule has 28 heavy (non-hydrogen) atoms. The van der Waals surface area contributed by atoms with Crippen LogP contribution >= 0.6 is 0 Å². The van der Waals surface area contributed by atoms with Crippen molar-refractivity contribution in [1.29, 1.82) is 0 Å². The molecular weight excluding hydrogens is 346 g/mol. The molecule has 0 atom stereocenters. The highest BCUT2D eigenvalue weighted by molar-refractivity contribution is 5.39. The Morgan fingerprint density at radius 3 is 2.36 bits per heavy atom. The molecule has 4 nitrogen and oxygen atoms in total. The van der Waals surface area contributed by atoms with E-state index in [0.717, 1.165) is 43.5 Å². The molecule has 1 aliphatic rings. The number of ether oxygens (including phenoxy) is 1. The summed E-state index contributed by atoms with van der Waals surface area (Å²) in [4.78, 5) is 7.04. The molecule has 144 valence electrons. The van der Waals surface area contributed by atoms with Gasteiger partial charge in [0.25, 0.3) is 0 Å². The summed E-state index contributed by atoms with van der Waals surface area (Å²) < 4.78 is 5.91. The minimum atomic E-state index is 0.792. The summed E-state index contributed by atoms with van der Waals surface area (Å²) in [7, 11) is 0. The zero-order chi connectivity index (χ0) is 19.0. The number of aromatic nitrogens is 1. The molecule has 0 bridgehead atoms. The predicted octanol–water partition coefficient (Wildman–Crippen LogP) is 5.15. The van der Waals surface area contributed by atoms with Crippen molar-refractivity contribution in [2.45, 2.75) is 32.4 Å². The summed E-state index contributed by atoms with van der Waals surface area (Å²) in [6, 6.07) is 22.4. The van der Waals surface area contributed by atoms with Gasteiger partial charge in [0, 0.05) is 32.4 Å². The van der Waals surface area contributed by atoms with Crippen LogP contribution in [0.2, 0.25) is 0 Å². The van der Waals surface area contributed by atoms with E-state index in [1.807, 2.05) is 48.7 Å². The first-order valence-electron chi connectivity index (χ1n) is 10.1. The zero-order valence-electron chi connectivity index (χ0n) is 16.2. The van der Waals surface area contributed by atoms with Crippen LogP contribution in [0, 0.1) is 0 Å². The maximum atomic E-state index is 5.91. The van der Waals surface area contributed by atoms with Gasteiger partial charge in [-0.2, -0.15) is 0 Å². The van der Waals surface area contributed by atoms with Crippen molar-refractivity contribution in [2.24, 2.45) is 0 Å². The Hall–Kier alpha value is -2.85. The maximum absolute atomic E-state index is 5.91. The second-order valence-electron chi connectivity index (χ2n) is 7.24. The van der Waals surface area contributed by atoms with Gasteiger partial charge in [0.2, 0.25) is 0 Å². The minimum Gasteiger partial charge on any atom is -0.457 e. The van der Waals surface area contributed by atoms with E-state index in [2.05, 4.69) is 39.5 Å². The zero-order valence-corrected chi connectivity index (χ0v) is 16.2. The molecular formula is C24H27N3O. The molecule has 0 aliphatic carbocycles. The van der Waals surface area contributed by atoms with Crippen LogP contribution in [0.5, 0.6) is 11.5 Å². The fourth-order valence-electron chi connectivity index (χ4n) is 3.53. The van der Waals surface area contributed by atoms with Crippen molar-refractivity contribution in [3.8, 4) is 11.5 Å². The largest absolute Gasteiger partial charge is 0.457 e. The van der Waals surface area contributed by atoms with Gasteiger partial charge in [-0.05, 0) is 60.7 Å². The fourth-order valence-corrected chi connectivity index (χ4v) is 3.53. The Balaban J connectivity index is 1.28. The highest BCUT2D eigenvalue weighted by Crippen LogP contribution is 2.22. The average Bonchev–Trinajstić information content (AvgIpc) is 2.76. The number of hydrogen-bond acceptors (Lipinski definition) is 4. The molecule has 0 spiro atoms. The fraction of sp³-hybridized carbons (Fsp3) is 0.292. The van der Waals surface area contributed by atoms with Gasteiger partial charge >= 0.3 is 0 Å². The number of pyridine rings is 1. The molecule has 1 N–H and O–H groups in total. The third-order valence-corrected chi connectivity index (χ3v) is 5.02. The predicted molar refractivity (Wildman–Crippen MR) is 114 cm³/mol. The van der Waals surface area contributed by atoms with E-state index in [0.29, 0.717) is 0 Å². The second-order valence-corrected chi connectivity index (χ2v) is 7.24. The molecule has 1 fully saturated rings. The third-order valence-electron chi connectivity index (χ3n) is 5.02. The molecule has 1 aliphatic heterocycles. The molecule has 2 heterocycles. The smallest absolute Gasteiger partial charge is 0.128 e. The van der Waals surface area contributed by atoms with Crippen LogP contribution in [0.25, 0.3) is 0 Å². The van der Waals surface area contributed by atoms with Gasteiger partial charge in [-0.15, -0.1) is 0 Å². The SMILES string of the molecule is c1ccc(Oc2cccc(CNCc3ccc(N4CCCCC4)nc3)c2)cc1. The highest BCUT2D eigenvalue weighted by Gasteiger charge is 2.11. The highest BCUT2D eigenvalue weighted by atomic mass is 16.5. The van der Waals surface area contributed by atoms with Gasteiger partial charge in [0.15, 0.2) is 0 Å². The number of hydrogen-bond donors (Lipinski definition) is 1. The van der Waals surface area contributed by atoms with Crippen molar-refractivity contribution in [3.63, 3.8) is 0 Å². The molecule has 0 radical (unpaired) electrons. The average molecular weight is 374 g/mol. The lowest BCUT2D eigenvalue weighted by Crippen LogP contribution is -2.30. The molecule has 3 aromatic rings. The number of piperidine rings is 1. The number of anilines is 1. The lowest BCUT2D eigenvalue weighted by Gasteiger charge is -2.27. The van der Waals surface area contributed by atoms with Gasteiger partial charge in [-0.3, -0.25) is 0 Å². The molecule has 4 heteroatoms. The summed E-state index contributed by atoms with van der Waals surface area (Å²) >= 11 is 0. The molecule has 1 aromatic heterocycles. The normalized spacial score (nSPS) is 14.1. The lowest BCUT2D eigenvalue weighted by molar-refractivity contribution is 0.481. The molecule has 4 rings (SSSR count). The Kier molecular flexibility index (Phi) is 6.20. The summed E-state index contributed by atoms with van der Waals surface area (Å²) in [6.07, 6.45) is 5.89. The van der Waals surface area contributed by atoms with Gasteiger partial charge < -0.3 is 15.0 Å². The standard InChI is InChI=1S/C24H27N3O/c1-3-9-22(10-4-1)28-23-11-7-8-20(16-23)17-25-18-21-12-13-24(26-19-21)27-14-5-2-6-15-27/h1,3-4,7-13,16,19,25H,2,5-6,14-15,17-18H2. The van der Waals surface area contributed by atoms with Crippen LogP contribution in [0.15, 0.2) is 72.9 Å². The van der Waals surface area contributed by atoms with Crippen LogP contribution in [0.4, 0.5) is 5.82 Å². The molecule has 0 amide bonds. The Morgan fingerprint density at radius 1 is 0.786 bits per heavy atom. The van der Waals surface area contributed by atoms with E-state index < -0.39 is 0 Å². The number of nitrogens with zero attached hydrogens (tertiary/aromatic N) is 2. The Bertz CT molecular complexity index is 859. The monoisotopic (exact) mass is 373 g/mol. The van der Waals surface area contributed by atoms with E-state index in [9.17, 15) is 0 Å². The van der Waals surface area contributed by atoms with Crippen molar-refractivity contribution < 1.29 is 4.74 Å². The Morgan fingerprint density at radius 2 is 1.57 bits per heavy atom. The second kappa shape index (κ2) is 9.38. The molecule has 2 aromatic carbocycles. The summed E-state index contributed by atoms with van der Waals surface area (Å²) in [5, 5.41) is 3.50. The van der Waals surface area contributed by atoms with E-state index in [1.165, 1.54) is 30.4 Å². The minimum absolute atomic E-state index is 0.792. The van der Waals surface area contributed by atoms with E-state index in [4.69, 9.17) is 4.74 Å². The van der Waals surface area contributed by atoms with E-state index in [1.54, 1.807) is 0 Å². The van der Waals surface area contributed by atoms with Crippen LogP contribution in [0.1, 0.15) is 30.4 Å². The quantitative estimate of drug-likeness (QED) is 0.621. The van der Waals surface area contributed by atoms with E-state index in [-0.39, 0.29) is 0 Å². The summed E-state index contributed by atoms with van der Waals surface area (Å²) in [6.45, 7) is 3.86. The molecule has 0 unspecified atom stereocenters. The molecule has 1 saturated heterocycles. The van der Waals surface area contributed by atoms with E-state index >= 15 is 0 Å².